The van der Waals surface area contributed by atoms with Crippen LogP contribution in [0.4, 0.5) is 0 Å². The van der Waals surface area contributed by atoms with E-state index in [1.807, 2.05) is 38.1 Å². The van der Waals surface area contributed by atoms with E-state index >= 15 is 0 Å². The molecule has 1 aromatic carbocycles. The number of hydrogen-bond donors (Lipinski definition) is 1. The van der Waals surface area contributed by atoms with Crippen molar-refractivity contribution in [3.8, 4) is 0 Å². The molecule has 1 fully saturated rings. The lowest BCUT2D eigenvalue weighted by atomic mass is 9.78. The van der Waals surface area contributed by atoms with E-state index in [0.717, 1.165) is 40.4 Å². The van der Waals surface area contributed by atoms with Gasteiger partial charge in [-0.15, -0.1) is 0 Å². The first-order valence-corrected chi connectivity index (χ1v) is 11.1. The van der Waals surface area contributed by atoms with Gasteiger partial charge in [0.15, 0.2) is 5.65 Å². The Bertz CT molecular complexity index is 1090. The molecule has 158 valence electrons. The van der Waals surface area contributed by atoms with E-state index in [1.54, 1.807) is 10.7 Å². The third kappa shape index (κ3) is 3.83. The molecule has 1 N–H and O–H groups in total. The number of aromatic nitrogens is 3. The molecule has 3 atom stereocenters. The third-order valence-electron chi connectivity index (χ3n) is 6.80. The van der Waals surface area contributed by atoms with Crippen LogP contribution in [0.1, 0.15) is 66.0 Å². The van der Waals surface area contributed by atoms with Gasteiger partial charge < -0.3 is 5.32 Å². The smallest absolute Gasteiger partial charge is 0.256 e. The molecule has 6 heteroatoms. The molecule has 0 spiro atoms. The minimum atomic E-state index is -0.0823. The molecule has 0 saturated heterocycles. The summed E-state index contributed by atoms with van der Waals surface area (Å²) >= 11 is 6.36. The summed E-state index contributed by atoms with van der Waals surface area (Å²) in [5.74, 6) is 1.02. The number of carbonyl (C=O) groups is 1. The highest BCUT2D eigenvalue weighted by Crippen LogP contribution is 2.30. The monoisotopic (exact) mass is 424 g/mol. The van der Waals surface area contributed by atoms with E-state index in [2.05, 4.69) is 24.3 Å². The second-order valence-corrected chi connectivity index (χ2v) is 9.08. The number of nitrogens with zero attached hydrogens (tertiary/aromatic N) is 3. The van der Waals surface area contributed by atoms with Crippen LogP contribution in [0.15, 0.2) is 30.5 Å². The molecule has 0 radical (unpaired) electrons. The maximum Gasteiger partial charge on any atom is 0.256 e. The van der Waals surface area contributed by atoms with Gasteiger partial charge in [0.05, 0.1) is 6.20 Å². The molecule has 1 amide bonds. The van der Waals surface area contributed by atoms with Gasteiger partial charge >= 0.3 is 0 Å². The number of carbonyl (C=O) groups excluding carboxylic acids is 1. The van der Waals surface area contributed by atoms with Gasteiger partial charge in [0, 0.05) is 28.9 Å². The van der Waals surface area contributed by atoms with Gasteiger partial charge in [-0.1, -0.05) is 56.5 Å². The van der Waals surface area contributed by atoms with Crippen molar-refractivity contribution in [2.24, 2.45) is 11.8 Å². The summed E-state index contributed by atoms with van der Waals surface area (Å²) in [5, 5.41) is 8.48. The van der Waals surface area contributed by atoms with Crippen molar-refractivity contribution in [2.45, 2.75) is 59.4 Å². The Hall–Kier alpha value is -2.40. The topological polar surface area (TPSA) is 59.3 Å². The van der Waals surface area contributed by atoms with E-state index in [0.29, 0.717) is 29.5 Å². The molecule has 4 rings (SSSR count). The molecule has 0 bridgehead atoms. The number of amides is 1. The van der Waals surface area contributed by atoms with Crippen molar-refractivity contribution < 1.29 is 4.79 Å². The molecule has 2 aromatic heterocycles. The Balaban J connectivity index is 1.64. The normalized spacial score (nSPS) is 21.7. The number of benzene rings is 1. The van der Waals surface area contributed by atoms with Crippen LogP contribution in [0, 0.1) is 25.7 Å². The van der Waals surface area contributed by atoms with Crippen LogP contribution in [0.2, 0.25) is 5.02 Å². The van der Waals surface area contributed by atoms with Gasteiger partial charge in [-0.2, -0.15) is 5.10 Å². The summed E-state index contributed by atoms with van der Waals surface area (Å²) in [6.45, 7) is 8.51. The average Bonchev–Trinajstić information content (AvgIpc) is 3.14. The predicted octanol–water partition coefficient (Wildman–Crippen LogP) is 5.14. The fourth-order valence-corrected chi connectivity index (χ4v) is 4.79. The van der Waals surface area contributed by atoms with Crippen molar-refractivity contribution in [3.05, 3.63) is 63.6 Å². The molecule has 5 nitrogen and oxygen atoms in total. The van der Waals surface area contributed by atoms with Crippen LogP contribution >= 0.6 is 11.6 Å². The van der Waals surface area contributed by atoms with Gasteiger partial charge in [-0.05, 0) is 49.3 Å². The summed E-state index contributed by atoms with van der Waals surface area (Å²) in [7, 11) is 0. The van der Waals surface area contributed by atoms with Gasteiger partial charge in [-0.3, -0.25) is 4.79 Å². The number of rotatable bonds is 4. The molecule has 3 unspecified atom stereocenters. The number of hydrogen-bond acceptors (Lipinski definition) is 3. The van der Waals surface area contributed by atoms with Crippen LogP contribution < -0.4 is 5.32 Å². The molecule has 1 aliphatic rings. The molecule has 0 aliphatic heterocycles. The molecular weight excluding hydrogens is 396 g/mol. The van der Waals surface area contributed by atoms with Crippen molar-refractivity contribution in [1.82, 2.24) is 19.9 Å². The highest BCUT2D eigenvalue weighted by molar-refractivity contribution is 6.31. The van der Waals surface area contributed by atoms with Crippen molar-refractivity contribution in [1.29, 1.82) is 0 Å². The summed E-state index contributed by atoms with van der Waals surface area (Å²) in [4.78, 5) is 17.8. The second-order valence-electron chi connectivity index (χ2n) is 8.67. The number of fused-ring (bicyclic) bond motifs is 1. The Labute approximate surface area is 182 Å². The van der Waals surface area contributed by atoms with E-state index in [-0.39, 0.29) is 11.9 Å². The largest absolute Gasteiger partial charge is 0.349 e. The van der Waals surface area contributed by atoms with Gasteiger partial charge in [0.2, 0.25) is 0 Å². The Morgan fingerprint density at radius 3 is 2.77 bits per heavy atom. The molecular formula is C24H29ClN4O. The maximum absolute atomic E-state index is 13.1. The van der Waals surface area contributed by atoms with E-state index in [4.69, 9.17) is 16.6 Å². The highest BCUT2D eigenvalue weighted by Gasteiger charge is 2.29. The minimum Gasteiger partial charge on any atom is -0.349 e. The lowest BCUT2D eigenvalue weighted by Crippen LogP contribution is -2.43. The zero-order chi connectivity index (χ0) is 21.4. The van der Waals surface area contributed by atoms with Crippen LogP contribution in [0.3, 0.4) is 0 Å². The molecule has 1 saturated carbocycles. The predicted molar refractivity (Wildman–Crippen MR) is 120 cm³/mol. The van der Waals surface area contributed by atoms with Gasteiger partial charge in [-0.25, -0.2) is 9.50 Å². The molecule has 3 aromatic rings. The van der Waals surface area contributed by atoms with Crippen LogP contribution in [-0.2, 0) is 6.42 Å². The quantitative estimate of drug-likeness (QED) is 0.630. The standard InChI is InChI=1S/C24H29ClN4O/c1-14-8-7-11-22(15(14)2)28-24(30)20-13-26-29-17(4)19(16(3)27-23(20)29)12-18-9-5-6-10-21(18)25/h5-6,9-10,13-15,22H,7-8,11-12H2,1-4H3,(H,28,30). The summed E-state index contributed by atoms with van der Waals surface area (Å²) in [6, 6.07) is 8.05. The van der Waals surface area contributed by atoms with E-state index in [1.165, 1.54) is 6.42 Å². The fraction of sp³-hybridized carbons (Fsp3) is 0.458. The first-order valence-electron chi connectivity index (χ1n) is 10.7. The lowest BCUT2D eigenvalue weighted by Gasteiger charge is -2.34. The van der Waals surface area contributed by atoms with Crippen LogP contribution in [-0.4, -0.2) is 26.5 Å². The van der Waals surface area contributed by atoms with Gasteiger partial charge in [0.25, 0.3) is 5.91 Å². The zero-order valence-electron chi connectivity index (χ0n) is 18.1. The van der Waals surface area contributed by atoms with Crippen molar-refractivity contribution in [3.63, 3.8) is 0 Å². The number of halogens is 1. The lowest BCUT2D eigenvalue weighted by molar-refractivity contribution is 0.0892. The second kappa shape index (κ2) is 8.38. The van der Waals surface area contributed by atoms with Crippen LogP contribution in [0.5, 0.6) is 0 Å². The van der Waals surface area contributed by atoms with Crippen LogP contribution in [0.25, 0.3) is 5.65 Å². The Morgan fingerprint density at radius 2 is 2.00 bits per heavy atom. The maximum atomic E-state index is 13.1. The van der Waals surface area contributed by atoms with Crippen molar-refractivity contribution in [2.75, 3.05) is 0 Å². The summed E-state index contributed by atoms with van der Waals surface area (Å²) < 4.78 is 1.78. The summed E-state index contributed by atoms with van der Waals surface area (Å²) in [6.07, 6.45) is 5.74. The molecule has 2 heterocycles. The average molecular weight is 425 g/mol. The minimum absolute atomic E-state index is 0.0823. The Morgan fingerprint density at radius 1 is 1.23 bits per heavy atom. The molecule has 30 heavy (non-hydrogen) atoms. The number of aryl methyl sites for hydroxylation is 2. The highest BCUT2D eigenvalue weighted by atomic mass is 35.5. The first kappa shape index (κ1) is 20.9. The first-order chi connectivity index (χ1) is 14.4. The fourth-order valence-electron chi connectivity index (χ4n) is 4.59. The Kier molecular flexibility index (Phi) is 5.83. The van der Waals surface area contributed by atoms with Crippen molar-refractivity contribution >= 4 is 23.2 Å². The SMILES string of the molecule is Cc1nc2c(C(=O)NC3CCCC(C)C3C)cnn2c(C)c1Cc1ccccc1Cl. The van der Waals surface area contributed by atoms with E-state index in [9.17, 15) is 4.79 Å². The zero-order valence-corrected chi connectivity index (χ0v) is 18.8. The van der Waals surface area contributed by atoms with Gasteiger partial charge in [0.1, 0.15) is 5.56 Å². The number of nitrogens with one attached hydrogen (secondary N) is 1. The third-order valence-corrected chi connectivity index (χ3v) is 7.17. The molecule has 1 aliphatic carbocycles. The summed E-state index contributed by atoms with van der Waals surface area (Å²) in [5.41, 5.74) is 5.17. The van der Waals surface area contributed by atoms with E-state index < -0.39 is 0 Å².